The maximum absolute atomic E-state index is 12.9. The molecule has 4 heterocycles. The molecule has 2 saturated heterocycles. The molecule has 37 heavy (non-hydrogen) atoms. The highest BCUT2D eigenvalue weighted by atomic mass is 32.2. The number of nitrogens with zero attached hydrogens (tertiary/aromatic N) is 6. The quantitative estimate of drug-likeness (QED) is 0.413. The number of aryl methyl sites for hydroxylation is 1. The normalized spacial score (nSPS) is 22.5. The summed E-state index contributed by atoms with van der Waals surface area (Å²) in [5, 5.41) is 27.9. The number of piperidine rings is 1. The molecule has 0 bridgehead atoms. The van der Waals surface area contributed by atoms with Gasteiger partial charge in [-0.15, -0.1) is 0 Å². The molecule has 0 aromatic carbocycles. The van der Waals surface area contributed by atoms with Crippen molar-refractivity contribution >= 4 is 16.0 Å². The zero-order valence-electron chi connectivity index (χ0n) is 22.4. The average Bonchev–Trinajstić information content (AvgIpc) is 3.39. The Kier molecular flexibility index (Phi) is 8.25. The molecule has 11 nitrogen and oxygen atoms in total. The fourth-order valence-electron chi connectivity index (χ4n) is 5.06. The number of anilines is 1. The summed E-state index contributed by atoms with van der Waals surface area (Å²) >= 11 is 0. The zero-order chi connectivity index (χ0) is 26.8. The molecule has 0 spiro atoms. The van der Waals surface area contributed by atoms with Crippen LogP contribution in [0.4, 0.5) is 5.95 Å². The molecule has 2 aromatic rings. The van der Waals surface area contributed by atoms with Crippen LogP contribution in [0.1, 0.15) is 52.0 Å². The number of β-amino-alcohol motifs (C(OH)–C–C–N with tert-alkyl or cyclic N) is 1. The molecule has 0 saturated carbocycles. The van der Waals surface area contributed by atoms with Gasteiger partial charge in [0, 0.05) is 50.2 Å². The summed E-state index contributed by atoms with van der Waals surface area (Å²) in [6.07, 6.45) is 8.06. The second-order valence-electron chi connectivity index (χ2n) is 11.5. The van der Waals surface area contributed by atoms with Crippen molar-refractivity contribution in [3.8, 4) is 11.3 Å². The van der Waals surface area contributed by atoms with E-state index in [4.69, 9.17) is 4.98 Å². The summed E-state index contributed by atoms with van der Waals surface area (Å²) in [7, 11) is -3.30. The molecule has 0 radical (unpaired) electrons. The fourth-order valence-corrected chi connectivity index (χ4v) is 6.58. The lowest BCUT2D eigenvalue weighted by molar-refractivity contribution is 0.0577. The molecule has 0 aliphatic carbocycles. The van der Waals surface area contributed by atoms with Crippen molar-refractivity contribution in [2.24, 2.45) is 0 Å². The number of likely N-dealkylation sites (tertiary alicyclic amines) is 1. The largest absolute Gasteiger partial charge is 0.389 e. The van der Waals surface area contributed by atoms with Crippen LogP contribution in [-0.4, -0.2) is 103 Å². The van der Waals surface area contributed by atoms with E-state index >= 15 is 0 Å². The average molecular weight is 536 g/mol. The van der Waals surface area contributed by atoms with Gasteiger partial charge in [-0.3, -0.25) is 4.68 Å². The van der Waals surface area contributed by atoms with Crippen molar-refractivity contribution in [3.05, 3.63) is 24.2 Å². The first-order chi connectivity index (χ1) is 17.3. The van der Waals surface area contributed by atoms with Gasteiger partial charge in [0.25, 0.3) is 0 Å². The summed E-state index contributed by atoms with van der Waals surface area (Å²) in [5.74, 6) is 0.647. The van der Waals surface area contributed by atoms with Crippen LogP contribution in [-0.2, 0) is 16.6 Å². The first-order valence-electron chi connectivity index (χ1n) is 13.1. The van der Waals surface area contributed by atoms with Crippen LogP contribution in [0.15, 0.2) is 18.6 Å². The van der Waals surface area contributed by atoms with Gasteiger partial charge in [-0.1, -0.05) is 0 Å². The van der Waals surface area contributed by atoms with Crippen LogP contribution in [0.25, 0.3) is 11.3 Å². The predicted octanol–water partition coefficient (Wildman–Crippen LogP) is 1.47. The minimum Gasteiger partial charge on any atom is -0.389 e. The maximum atomic E-state index is 12.9. The molecule has 0 unspecified atom stereocenters. The lowest BCUT2D eigenvalue weighted by Gasteiger charge is -2.31. The Morgan fingerprint density at radius 1 is 1.22 bits per heavy atom. The maximum Gasteiger partial charge on any atom is 0.223 e. The Labute approximate surface area is 220 Å². The van der Waals surface area contributed by atoms with E-state index in [0.717, 1.165) is 29.8 Å². The van der Waals surface area contributed by atoms with Crippen molar-refractivity contribution in [2.45, 2.75) is 77.2 Å². The Hall–Kier alpha value is -2.12. The Balaban J connectivity index is 1.28. The number of nitrogens with one attached hydrogen (secondary N) is 1. The fraction of sp³-hybridized carbons (Fsp3) is 0.720. The van der Waals surface area contributed by atoms with E-state index in [1.165, 1.54) is 0 Å². The standard InChI is InChI=1S/C25H41N7O4S/c1-19-14-26-23(29-22(19)20-15-27-31(16-20)17-24(2,3)33)28-21-6-10-32(11-7-21)37(35,36)13-5-9-30-12-8-25(4,34)18-30/h14-16,21,33-34H,5-13,17-18H2,1-4H3,(H,26,28,29)/t25-/m1/s1. The van der Waals surface area contributed by atoms with Crippen LogP contribution < -0.4 is 5.32 Å². The molecule has 4 rings (SSSR count). The summed E-state index contributed by atoms with van der Waals surface area (Å²) in [4.78, 5) is 11.3. The minimum absolute atomic E-state index is 0.0896. The smallest absolute Gasteiger partial charge is 0.223 e. The highest BCUT2D eigenvalue weighted by Crippen LogP contribution is 2.24. The van der Waals surface area contributed by atoms with Gasteiger partial charge in [0.05, 0.1) is 35.4 Å². The van der Waals surface area contributed by atoms with Gasteiger partial charge >= 0.3 is 0 Å². The summed E-state index contributed by atoms with van der Waals surface area (Å²) in [5.41, 5.74) is 1.03. The van der Waals surface area contributed by atoms with Crippen molar-refractivity contribution in [3.63, 3.8) is 0 Å². The monoisotopic (exact) mass is 535 g/mol. The van der Waals surface area contributed by atoms with Crippen molar-refractivity contribution in [2.75, 3.05) is 43.8 Å². The van der Waals surface area contributed by atoms with Crippen LogP contribution in [0.5, 0.6) is 0 Å². The highest BCUT2D eigenvalue weighted by Gasteiger charge is 2.32. The molecule has 3 N–H and O–H groups in total. The van der Waals surface area contributed by atoms with Gasteiger partial charge < -0.3 is 20.4 Å². The molecular weight excluding hydrogens is 494 g/mol. The lowest BCUT2D eigenvalue weighted by atomic mass is 10.1. The van der Waals surface area contributed by atoms with E-state index in [-0.39, 0.29) is 11.8 Å². The molecule has 12 heteroatoms. The third kappa shape index (κ3) is 7.70. The summed E-state index contributed by atoms with van der Waals surface area (Å²) < 4.78 is 29.0. The van der Waals surface area contributed by atoms with E-state index in [9.17, 15) is 18.6 Å². The van der Waals surface area contributed by atoms with Gasteiger partial charge in [0.2, 0.25) is 16.0 Å². The Morgan fingerprint density at radius 3 is 2.59 bits per heavy atom. The Bertz CT molecular complexity index is 1170. The SMILES string of the molecule is Cc1cnc(NC2CCN(S(=O)(=O)CCCN3CC[C@@](C)(O)C3)CC2)nc1-c1cnn(CC(C)(C)O)c1. The second-order valence-corrected chi connectivity index (χ2v) is 13.6. The summed E-state index contributed by atoms with van der Waals surface area (Å²) in [6, 6.07) is 0.0896. The third-order valence-corrected chi connectivity index (χ3v) is 8.97. The van der Waals surface area contributed by atoms with Gasteiger partial charge in [-0.25, -0.2) is 22.7 Å². The second kappa shape index (κ2) is 10.9. The van der Waals surface area contributed by atoms with E-state index in [0.29, 0.717) is 57.9 Å². The first kappa shape index (κ1) is 27.9. The lowest BCUT2D eigenvalue weighted by Crippen LogP contribution is -2.43. The number of aromatic nitrogens is 4. The van der Waals surface area contributed by atoms with E-state index in [2.05, 4.69) is 20.3 Å². The van der Waals surface area contributed by atoms with Crippen molar-refractivity contribution in [1.29, 1.82) is 0 Å². The van der Waals surface area contributed by atoms with Crippen LogP contribution in [0.2, 0.25) is 0 Å². The van der Waals surface area contributed by atoms with Crippen molar-refractivity contribution in [1.82, 2.24) is 29.0 Å². The number of hydrogen-bond donors (Lipinski definition) is 3. The van der Waals surface area contributed by atoms with Crippen LogP contribution in [0.3, 0.4) is 0 Å². The van der Waals surface area contributed by atoms with Crippen molar-refractivity contribution < 1.29 is 18.6 Å². The molecule has 2 aliphatic rings. The number of rotatable bonds is 10. The van der Waals surface area contributed by atoms with E-state index < -0.39 is 21.2 Å². The van der Waals surface area contributed by atoms with Gasteiger partial charge in [-0.2, -0.15) is 5.10 Å². The van der Waals surface area contributed by atoms with Gasteiger partial charge in [0.15, 0.2) is 0 Å². The minimum atomic E-state index is -3.30. The van der Waals surface area contributed by atoms with Gasteiger partial charge in [0.1, 0.15) is 0 Å². The topological polar surface area (TPSA) is 137 Å². The summed E-state index contributed by atoms with van der Waals surface area (Å²) in [6.45, 7) is 10.7. The van der Waals surface area contributed by atoms with E-state index in [1.807, 2.05) is 20.0 Å². The molecule has 2 fully saturated rings. The van der Waals surface area contributed by atoms with Gasteiger partial charge in [-0.05, 0) is 65.5 Å². The molecular formula is C25H41N7O4S. The molecule has 1 atom stereocenters. The first-order valence-corrected chi connectivity index (χ1v) is 14.7. The van der Waals surface area contributed by atoms with Crippen LogP contribution in [0, 0.1) is 6.92 Å². The highest BCUT2D eigenvalue weighted by molar-refractivity contribution is 7.89. The van der Waals surface area contributed by atoms with Crippen LogP contribution >= 0.6 is 0 Å². The predicted molar refractivity (Wildman–Crippen MR) is 143 cm³/mol. The zero-order valence-corrected chi connectivity index (χ0v) is 23.2. The molecule has 2 aliphatic heterocycles. The number of hydrogen-bond acceptors (Lipinski definition) is 9. The molecule has 206 valence electrons. The number of sulfonamides is 1. The third-order valence-electron chi connectivity index (χ3n) is 7.02. The van der Waals surface area contributed by atoms with E-state index in [1.54, 1.807) is 35.2 Å². The Morgan fingerprint density at radius 2 is 1.95 bits per heavy atom. The number of aliphatic hydroxyl groups is 2. The molecule has 2 aromatic heterocycles. The molecule has 0 amide bonds.